The zero-order chi connectivity index (χ0) is 18.0. The Morgan fingerprint density at radius 3 is 2.68 bits per heavy atom. The molecule has 0 bridgehead atoms. The van der Waals surface area contributed by atoms with Crippen molar-refractivity contribution in [2.45, 2.75) is 24.8 Å². The van der Waals surface area contributed by atoms with Crippen LogP contribution in [0.25, 0.3) is 11.5 Å². The summed E-state index contributed by atoms with van der Waals surface area (Å²) in [6, 6.07) is 4.92. The Kier molecular flexibility index (Phi) is 4.45. The molecule has 0 aliphatic rings. The van der Waals surface area contributed by atoms with Gasteiger partial charge in [0, 0.05) is 12.5 Å². The molecule has 0 aliphatic heterocycles. The molecule has 0 saturated carbocycles. The van der Waals surface area contributed by atoms with Crippen LogP contribution >= 0.6 is 0 Å². The highest BCUT2D eigenvalue weighted by Gasteiger charge is 2.21. The van der Waals surface area contributed by atoms with Crippen molar-refractivity contribution in [1.29, 1.82) is 0 Å². The van der Waals surface area contributed by atoms with Crippen LogP contribution in [0.3, 0.4) is 0 Å². The fourth-order valence-corrected chi connectivity index (χ4v) is 2.81. The van der Waals surface area contributed by atoms with Crippen molar-refractivity contribution in [2.24, 2.45) is 0 Å². The van der Waals surface area contributed by atoms with E-state index in [1.807, 2.05) is 6.07 Å². The van der Waals surface area contributed by atoms with E-state index in [4.69, 9.17) is 4.52 Å². The summed E-state index contributed by atoms with van der Waals surface area (Å²) >= 11 is 0. The highest BCUT2D eigenvalue weighted by Crippen LogP contribution is 2.24. The van der Waals surface area contributed by atoms with Crippen LogP contribution in [0.2, 0.25) is 0 Å². The molecule has 0 fully saturated rings. The number of nitrogens with zero attached hydrogens (tertiary/aromatic N) is 5. The Labute approximate surface area is 144 Å². The molecule has 0 aromatic carbocycles. The van der Waals surface area contributed by atoms with Gasteiger partial charge in [-0.25, -0.2) is 18.4 Å². The lowest BCUT2D eigenvalue weighted by atomic mass is 10.3. The first-order chi connectivity index (χ1) is 11.8. The van der Waals surface area contributed by atoms with Gasteiger partial charge in [0.25, 0.3) is 0 Å². The molecule has 3 heterocycles. The number of aromatic nitrogens is 5. The number of hydrogen-bond donors (Lipinski definition) is 1. The lowest BCUT2D eigenvalue weighted by molar-refractivity contribution is 0.367. The van der Waals surface area contributed by atoms with Crippen LogP contribution in [-0.2, 0) is 9.84 Å². The van der Waals surface area contributed by atoms with Gasteiger partial charge in [0.05, 0.1) is 6.20 Å². The van der Waals surface area contributed by atoms with Crippen LogP contribution in [0.1, 0.15) is 24.7 Å². The Bertz CT molecular complexity index is 988. The van der Waals surface area contributed by atoms with Crippen LogP contribution in [-0.4, -0.2) is 39.8 Å². The molecule has 0 saturated heterocycles. The van der Waals surface area contributed by atoms with Crippen molar-refractivity contribution >= 4 is 15.7 Å². The Morgan fingerprint density at radius 1 is 1.20 bits per heavy atom. The molecule has 3 aromatic rings. The van der Waals surface area contributed by atoms with Crippen LogP contribution in [0.5, 0.6) is 0 Å². The number of rotatable bonds is 5. The molecule has 0 aliphatic carbocycles. The Balaban J connectivity index is 1.88. The standard InChI is InChI=1S/C15H16N6O3S/c1-9(15-20-13(21-24-15)11-6-4-5-7-16-11)18-14-12(25(3,22)23)8-17-10(2)19-14/h4-9H,1-3H3,(H,17,18,19). The molecule has 1 unspecified atom stereocenters. The first-order valence-electron chi connectivity index (χ1n) is 7.40. The first-order valence-corrected chi connectivity index (χ1v) is 9.29. The van der Waals surface area contributed by atoms with Crippen molar-refractivity contribution < 1.29 is 12.9 Å². The minimum atomic E-state index is -3.48. The van der Waals surface area contributed by atoms with Crippen molar-refractivity contribution in [3.8, 4) is 11.5 Å². The third kappa shape index (κ3) is 3.79. The van der Waals surface area contributed by atoms with Gasteiger partial charge in [-0.15, -0.1) is 0 Å². The van der Waals surface area contributed by atoms with Gasteiger partial charge in [-0.2, -0.15) is 4.98 Å². The van der Waals surface area contributed by atoms with Crippen molar-refractivity contribution in [2.75, 3.05) is 11.6 Å². The smallest absolute Gasteiger partial charge is 0.249 e. The molecule has 0 spiro atoms. The molecule has 130 valence electrons. The van der Waals surface area contributed by atoms with Crippen LogP contribution in [0.15, 0.2) is 40.0 Å². The Morgan fingerprint density at radius 2 is 2.00 bits per heavy atom. The third-order valence-corrected chi connectivity index (χ3v) is 4.43. The summed E-state index contributed by atoms with van der Waals surface area (Å²) in [6.07, 6.45) is 4.01. The van der Waals surface area contributed by atoms with Gasteiger partial charge in [0.2, 0.25) is 11.7 Å². The summed E-state index contributed by atoms with van der Waals surface area (Å²) in [4.78, 5) is 16.6. The lowest BCUT2D eigenvalue weighted by Crippen LogP contribution is -2.13. The molecule has 25 heavy (non-hydrogen) atoms. The van der Waals surface area contributed by atoms with Gasteiger partial charge in [0.1, 0.15) is 28.3 Å². The number of pyridine rings is 1. The second-order valence-electron chi connectivity index (χ2n) is 5.44. The van der Waals surface area contributed by atoms with E-state index in [2.05, 4.69) is 30.4 Å². The highest BCUT2D eigenvalue weighted by atomic mass is 32.2. The van der Waals surface area contributed by atoms with Crippen molar-refractivity contribution in [3.63, 3.8) is 0 Å². The monoisotopic (exact) mass is 360 g/mol. The summed E-state index contributed by atoms with van der Waals surface area (Å²) in [7, 11) is -3.48. The van der Waals surface area contributed by atoms with Gasteiger partial charge in [0.15, 0.2) is 9.84 Å². The predicted molar refractivity (Wildman–Crippen MR) is 89.4 cm³/mol. The van der Waals surface area contributed by atoms with E-state index in [1.54, 1.807) is 32.2 Å². The number of sulfone groups is 1. The third-order valence-electron chi connectivity index (χ3n) is 3.33. The van der Waals surface area contributed by atoms with E-state index < -0.39 is 15.9 Å². The van der Waals surface area contributed by atoms with E-state index in [1.165, 1.54) is 6.20 Å². The fourth-order valence-electron chi connectivity index (χ4n) is 2.11. The van der Waals surface area contributed by atoms with E-state index in [0.717, 1.165) is 6.26 Å². The molecule has 1 atom stereocenters. The molecule has 3 rings (SSSR count). The number of nitrogens with one attached hydrogen (secondary N) is 1. The zero-order valence-electron chi connectivity index (χ0n) is 13.8. The molecule has 3 aromatic heterocycles. The molecule has 9 nitrogen and oxygen atoms in total. The lowest BCUT2D eigenvalue weighted by Gasteiger charge is -2.13. The van der Waals surface area contributed by atoms with Crippen LogP contribution in [0.4, 0.5) is 5.82 Å². The van der Waals surface area contributed by atoms with Crippen molar-refractivity contribution in [3.05, 3.63) is 42.3 Å². The molecular formula is C15H16N6O3S. The summed E-state index contributed by atoms with van der Waals surface area (Å²) < 4.78 is 29.0. The normalized spacial score (nSPS) is 12.8. The number of hydrogen-bond acceptors (Lipinski definition) is 9. The number of anilines is 1. The van der Waals surface area contributed by atoms with Gasteiger partial charge in [-0.05, 0) is 26.0 Å². The molecule has 1 N–H and O–H groups in total. The fraction of sp³-hybridized carbons (Fsp3) is 0.267. The average Bonchev–Trinajstić information content (AvgIpc) is 3.04. The summed E-state index contributed by atoms with van der Waals surface area (Å²) in [5.74, 6) is 1.28. The van der Waals surface area contributed by atoms with Crippen LogP contribution in [0, 0.1) is 6.92 Å². The largest absolute Gasteiger partial charge is 0.357 e. The molecule has 10 heteroatoms. The maximum atomic E-state index is 11.9. The molecular weight excluding hydrogens is 344 g/mol. The van der Waals surface area contributed by atoms with Gasteiger partial charge in [-0.1, -0.05) is 11.2 Å². The predicted octanol–water partition coefficient (Wildman–Crippen LogP) is 1.81. The van der Waals surface area contributed by atoms with Gasteiger partial charge >= 0.3 is 0 Å². The molecule has 0 radical (unpaired) electrons. The SMILES string of the molecule is Cc1ncc(S(C)(=O)=O)c(NC(C)c2nc(-c3ccccn3)no2)n1. The average molecular weight is 360 g/mol. The zero-order valence-corrected chi connectivity index (χ0v) is 14.6. The first kappa shape index (κ1) is 17.0. The molecule has 0 amide bonds. The van der Waals surface area contributed by atoms with Gasteiger partial charge in [-0.3, -0.25) is 4.98 Å². The van der Waals surface area contributed by atoms with E-state index in [0.29, 0.717) is 17.3 Å². The van der Waals surface area contributed by atoms with E-state index in [9.17, 15) is 8.42 Å². The topological polar surface area (TPSA) is 124 Å². The van der Waals surface area contributed by atoms with Crippen molar-refractivity contribution in [1.82, 2.24) is 25.1 Å². The second-order valence-corrected chi connectivity index (χ2v) is 7.42. The summed E-state index contributed by atoms with van der Waals surface area (Å²) in [5.41, 5.74) is 0.583. The number of aryl methyl sites for hydroxylation is 1. The van der Waals surface area contributed by atoms with Crippen LogP contribution < -0.4 is 5.32 Å². The van der Waals surface area contributed by atoms with E-state index >= 15 is 0 Å². The second kappa shape index (κ2) is 6.55. The minimum absolute atomic E-state index is 0.00872. The maximum Gasteiger partial charge on any atom is 0.249 e. The maximum absolute atomic E-state index is 11.9. The quantitative estimate of drug-likeness (QED) is 0.725. The minimum Gasteiger partial charge on any atom is -0.357 e. The Hall–Kier alpha value is -2.88. The van der Waals surface area contributed by atoms with E-state index in [-0.39, 0.29) is 16.6 Å². The summed E-state index contributed by atoms with van der Waals surface area (Å²) in [5, 5.41) is 6.89. The highest BCUT2D eigenvalue weighted by molar-refractivity contribution is 7.90. The summed E-state index contributed by atoms with van der Waals surface area (Å²) in [6.45, 7) is 3.44. The van der Waals surface area contributed by atoms with Gasteiger partial charge < -0.3 is 9.84 Å².